The summed E-state index contributed by atoms with van der Waals surface area (Å²) >= 11 is 0. The topological polar surface area (TPSA) is 105 Å². The van der Waals surface area contributed by atoms with Crippen molar-refractivity contribution in [1.29, 1.82) is 0 Å². The molecule has 2 amide bonds. The molecule has 3 heterocycles. The van der Waals surface area contributed by atoms with E-state index in [0.717, 1.165) is 0 Å². The SMILES string of the molecule is CCOC(=O)[C@H]1[C@H]2C(=O)N(CCO)C(C(=O)NC(C)C)C23CC(C)[C@]1(C)O3. The molecule has 1 spiro atoms. The van der Waals surface area contributed by atoms with Crippen molar-refractivity contribution in [2.45, 2.75) is 64.3 Å². The first-order valence-corrected chi connectivity index (χ1v) is 9.72. The first-order valence-electron chi connectivity index (χ1n) is 9.72. The molecule has 3 aliphatic heterocycles. The van der Waals surface area contributed by atoms with Crippen molar-refractivity contribution >= 4 is 17.8 Å². The van der Waals surface area contributed by atoms with Crippen LogP contribution in [0.1, 0.15) is 41.0 Å². The molecule has 27 heavy (non-hydrogen) atoms. The zero-order valence-electron chi connectivity index (χ0n) is 16.7. The van der Waals surface area contributed by atoms with E-state index >= 15 is 0 Å². The molecule has 0 radical (unpaired) electrons. The summed E-state index contributed by atoms with van der Waals surface area (Å²) in [5.41, 5.74) is -1.93. The summed E-state index contributed by atoms with van der Waals surface area (Å²) < 4.78 is 11.7. The van der Waals surface area contributed by atoms with Crippen LogP contribution in [-0.4, -0.2) is 70.8 Å². The number of ether oxygens (including phenoxy) is 2. The standard InChI is InChI=1S/C19H30N2O6/c1-6-26-17(25)13-12-16(24)21(7-8-22)14(15(23)20-10(2)3)19(12)9-11(4)18(13,5)27-19/h10-14,22H,6-9H2,1-5H3,(H,20,23)/t11?,12-,13+,14?,18-,19?/m0/s1. The monoisotopic (exact) mass is 382 g/mol. The van der Waals surface area contributed by atoms with Crippen molar-refractivity contribution < 1.29 is 29.0 Å². The summed E-state index contributed by atoms with van der Waals surface area (Å²) in [4.78, 5) is 40.5. The summed E-state index contributed by atoms with van der Waals surface area (Å²) in [5.74, 6) is -2.63. The Hall–Kier alpha value is -1.67. The Morgan fingerprint density at radius 3 is 2.67 bits per heavy atom. The summed E-state index contributed by atoms with van der Waals surface area (Å²) in [5, 5.41) is 12.3. The van der Waals surface area contributed by atoms with Gasteiger partial charge in [0.2, 0.25) is 11.8 Å². The molecular weight excluding hydrogens is 352 g/mol. The van der Waals surface area contributed by atoms with Crippen LogP contribution in [0.15, 0.2) is 0 Å². The van der Waals surface area contributed by atoms with Gasteiger partial charge < -0.3 is 24.8 Å². The van der Waals surface area contributed by atoms with Crippen LogP contribution in [0, 0.1) is 17.8 Å². The molecular formula is C19H30N2O6. The van der Waals surface area contributed by atoms with Gasteiger partial charge in [0.05, 0.1) is 24.7 Å². The minimum Gasteiger partial charge on any atom is -0.466 e. The summed E-state index contributed by atoms with van der Waals surface area (Å²) in [6, 6.07) is -0.972. The van der Waals surface area contributed by atoms with E-state index in [9.17, 15) is 19.5 Å². The van der Waals surface area contributed by atoms with Crippen molar-refractivity contribution in [3.05, 3.63) is 0 Å². The number of rotatable bonds is 6. The largest absolute Gasteiger partial charge is 0.466 e. The third-order valence-corrected chi connectivity index (χ3v) is 6.38. The molecule has 3 aliphatic rings. The number of aliphatic hydroxyl groups is 1. The highest BCUT2D eigenvalue weighted by Crippen LogP contribution is 2.65. The normalized spacial score (nSPS) is 39.8. The van der Waals surface area contributed by atoms with Crippen LogP contribution >= 0.6 is 0 Å². The number of nitrogens with one attached hydrogen (secondary N) is 1. The summed E-state index contributed by atoms with van der Waals surface area (Å²) in [6.07, 6.45) is 0.508. The number of likely N-dealkylation sites (tertiary alicyclic amines) is 1. The van der Waals surface area contributed by atoms with E-state index in [1.165, 1.54) is 4.90 Å². The van der Waals surface area contributed by atoms with Crippen LogP contribution in [-0.2, 0) is 23.9 Å². The maximum atomic E-state index is 13.3. The summed E-state index contributed by atoms with van der Waals surface area (Å²) in [6.45, 7) is 9.21. The lowest BCUT2D eigenvalue weighted by Crippen LogP contribution is -2.56. The average Bonchev–Trinajstić information content (AvgIpc) is 3.06. The lowest BCUT2D eigenvalue weighted by Gasteiger charge is -2.35. The molecule has 152 valence electrons. The van der Waals surface area contributed by atoms with Crippen LogP contribution in [0.5, 0.6) is 0 Å². The van der Waals surface area contributed by atoms with Crippen molar-refractivity contribution in [1.82, 2.24) is 10.2 Å². The smallest absolute Gasteiger partial charge is 0.312 e. The molecule has 0 saturated carbocycles. The quantitative estimate of drug-likeness (QED) is 0.630. The van der Waals surface area contributed by atoms with Gasteiger partial charge in [-0.15, -0.1) is 0 Å². The second-order valence-electron chi connectivity index (χ2n) is 8.37. The number of carbonyl (C=O) groups excluding carboxylic acids is 3. The number of hydrogen-bond donors (Lipinski definition) is 2. The lowest BCUT2D eigenvalue weighted by molar-refractivity contribution is -0.161. The number of fused-ring (bicyclic) bond motifs is 1. The molecule has 3 fully saturated rings. The fraction of sp³-hybridized carbons (Fsp3) is 0.842. The van der Waals surface area contributed by atoms with Gasteiger partial charge in [-0.25, -0.2) is 0 Å². The Balaban J connectivity index is 2.08. The Bertz CT molecular complexity index is 652. The van der Waals surface area contributed by atoms with Gasteiger partial charge in [0.1, 0.15) is 17.6 Å². The molecule has 0 aliphatic carbocycles. The van der Waals surface area contributed by atoms with E-state index in [4.69, 9.17) is 9.47 Å². The molecule has 3 unspecified atom stereocenters. The van der Waals surface area contributed by atoms with Gasteiger partial charge in [-0.2, -0.15) is 0 Å². The molecule has 3 saturated heterocycles. The van der Waals surface area contributed by atoms with Crippen molar-refractivity contribution in [2.24, 2.45) is 17.8 Å². The minimum atomic E-state index is -1.07. The highest BCUT2D eigenvalue weighted by molar-refractivity contribution is 5.98. The maximum absolute atomic E-state index is 13.3. The lowest BCUT2D eigenvalue weighted by atomic mass is 9.62. The highest BCUT2D eigenvalue weighted by atomic mass is 16.6. The van der Waals surface area contributed by atoms with Gasteiger partial charge in [0.25, 0.3) is 0 Å². The Labute approximate surface area is 159 Å². The number of carbonyl (C=O) groups is 3. The zero-order chi connectivity index (χ0) is 20.1. The van der Waals surface area contributed by atoms with E-state index < -0.39 is 35.0 Å². The third-order valence-electron chi connectivity index (χ3n) is 6.38. The number of esters is 1. The van der Waals surface area contributed by atoms with Crippen LogP contribution in [0.2, 0.25) is 0 Å². The number of nitrogens with zero attached hydrogens (tertiary/aromatic N) is 1. The molecule has 2 bridgehead atoms. The van der Waals surface area contributed by atoms with Crippen molar-refractivity contribution in [3.8, 4) is 0 Å². The molecule has 2 N–H and O–H groups in total. The average molecular weight is 382 g/mol. The number of hydrogen-bond acceptors (Lipinski definition) is 6. The van der Waals surface area contributed by atoms with Gasteiger partial charge in [-0.3, -0.25) is 14.4 Å². The second-order valence-corrected chi connectivity index (χ2v) is 8.37. The van der Waals surface area contributed by atoms with Gasteiger partial charge in [-0.1, -0.05) is 6.92 Å². The van der Waals surface area contributed by atoms with Gasteiger partial charge >= 0.3 is 5.97 Å². The first-order chi connectivity index (χ1) is 12.6. The molecule has 8 heteroatoms. The fourth-order valence-corrected chi connectivity index (χ4v) is 5.34. The number of β-amino-alcohol motifs (C(OH)–C–C–N with tert-alkyl or cyclic N) is 1. The van der Waals surface area contributed by atoms with E-state index in [1.54, 1.807) is 6.92 Å². The fourth-order valence-electron chi connectivity index (χ4n) is 5.34. The Morgan fingerprint density at radius 1 is 1.44 bits per heavy atom. The molecule has 8 nitrogen and oxygen atoms in total. The van der Waals surface area contributed by atoms with E-state index in [1.807, 2.05) is 27.7 Å². The molecule has 0 aromatic heterocycles. The number of aliphatic hydroxyl groups excluding tert-OH is 1. The van der Waals surface area contributed by atoms with Gasteiger partial charge in [0, 0.05) is 12.6 Å². The van der Waals surface area contributed by atoms with E-state index in [0.29, 0.717) is 6.42 Å². The Kier molecular flexibility index (Phi) is 5.01. The maximum Gasteiger partial charge on any atom is 0.312 e. The van der Waals surface area contributed by atoms with Gasteiger partial charge in [0.15, 0.2) is 0 Å². The Morgan fingerprint density at radius 2 is 2.11 bits per heavy atom. The van der Waals surface area contributed by atoms with Crippen LogP contribution in [0.4, 0.5) is 0 Å². The minimum absolute atomic E-state index is 0.0145. The van der Waals surface area contributed by atoms with Gasteiger partial charge in [-0.05, 0) is 40.0 Å². The van der Waals surface area contributed by atoms with E-state index in [-0.39, 0.29) is 43.5 Å². The van der Waals surface area contributed by atoms with E-state index in [2.05, 4.69) is 5.32 Å². The number of amides is 2. The third kappa shape index (κ3) is 2.68. The first kappa shape index (κ1) is 20.1. The van der Waals surface area contributed by atoms with Crippen LogP contribution in [0.25, 0.3) is 0 Å². The van der Waals surface area contributed by atoms with Crippen molar-refractivity contribution in [2.75, 3.05) is 19.8 Å². The van der Waals surface area contributed by atoms with Crippen LogP contribution in [0.3, 0.4) is 0 Å². The summed E-state index contributed by atoms with van der Waals surface area (Å²) in [7, 11) is 0. The predicted octanol–water partition coefficient (Wildman–Crippen LogP) is 0.0771. The molecule has 6 atom stereocenters. The molecule has 3 rings (SSSR count). The highest BCUT2D eigenvalue weighted by Gasteiger charge is 2.80. The van der Waals surface area contributed by atoms with Crippen LogP contribution < -0.4 is 5.32 Å². The second kappa shape index (κ2) is 6.74. The zero-order valence-corrected chi connectivity index (χ0v) is 16.7. The van der Waals surface area contributed by atoms with Crippen molar-refractivity contribution in [3.63, 3.8) is 0 Å². The predicted molar refractivity (Wildman–Crippen MR) is 95.5 cm³/mol. The molecule has 0 aromatic rings. The molecule has 0 aromatic carbocycles.